The summed E-state index contributed by atoms with van der Waals surface area (Å²) in [5, 5.41) is 10.7. The first-order chi connectivity index (χ1) is 12.8. The number of benzene rings is 1. The summed E-state index contributed by atoms with van der Waals surface area (Å²) >= 11 is 0. The minimum atomic E-state index is -1.79. The average Bonchev–Trinajstić information content (AvgIpc) is 2.59. The van der Waals surface area contributed by atoms with Gasteiger partial charge in [0.15, 0.2) is 5.75 Å². The van der Waals surface area contributed by atoms with Crippen LogP contribution >= 0.6 is 0 Å². The third-order valence-corrected chi connectivity index (χ3v) is 5.05. The Morgan fingerprint density at radius 1 is 1.41 bits per heavy atom. The van der Waals surface area contributed by atoms with Crippen LogP contribution in [0.4, 0.5) is 14.5 Å². The largest absolute Gasteiger partial charge is 0.480 e. The minimum Gasteiger partial charge on any atom is -0.480 e. The van der Waals surface area contributed by atoms with Gasteiger partial charge in [-0.3, -0.25) is 14.9 Å². The Balaban J connectivity index is 2.14. The smallest absolute Gasteiger partial charge is 0.343 e. The lowest BCUT2D eigenvalue weighted by Crippen LogP contribution is -2.49. The Labute approximate surface area is 150 Å². The van der Waals surface area contributed by atoms with Gasteiger partial charge in [-0.05, 0) is 26.2 Å². The van der Waals surface area contributed by atoms with Crippen molar-refractivity contribution in [3.8, 4) is 5.75 Å². The van der Waals surface area contributed by atoms with Crippen molar-refractivity contribution >= 4 is 22.6 Å². The summed E-state index contributed by atoms with van der Waals surface area (Å²) < 4.78 is 40.9. The quantitative estimate of drug-likeness (QED) is 0.461. The van der Waals surface area contributed by atoms with Crippen molar-refractivity contribution < 1.29 is 28.0 Å². The molecule has 0 N–H and O–H groups in total. The zero-order valence-corrected chi connectivity index (χ0v) is 14.2. The lowest BCUT2D eigenvalue weighted by molar-refractivity contribution is -0.386. The van der Waals surface area contributed by atoms with Gasteiger partial charge in [0.25, 0.3) is 0 Å². The highest BCUT2D eigenvalue weighted by molar-refractivity contribution is 5.99. The van der Waals surface area contributed by atoms with Gasteiger partial charge in [-0.25, -0.2) is 4.79 Å². The molecular weight excluding hydrogens is 366 g/mol. The molecule has 1 saturated carbocycles. The van der Waals surface area contributed by atoms with E-state index in [4.69, 9.17) is 9.47 Å². The maximum atomic E-state index is 14.6. The number of halogens is 2. The molecule has 1 aromatic heterocycles. The molecule has 1 aliphatic heterocycles. The lowest BCUT2D eigenvalue weighted by atomic mass is 9.79. The summed E-state index contributed by atoms with van der Waals surface area (Å²) in [5.41, 5.74) is -3.90. The van der Waals surface area contributed by atoms with Gasteiger partial charge in [0.1, 0.15) is 22.1 Å². The van der Waals surface area contributed by atoms with Gasteiger partial charge in [0.05, 0.1) is 18.1 Å². The maximum Gasteiger partial charge on any atom is 0.343 e. The van der Waals surface area contributed by atoms with Gasteiger partial charge in [0.2, 0.25) is 17.1 Å². The van der Waals surface area contributed by atoms with Crippen LogP contribution in [0.5, 0.6) is 5.75 Å². The lowest BCUT2D eigenvalue weighted by Gasteiger charge is -2.45. The number of rotatable bonds is 3. The van der Waals surface area contributed by atoms with Crippen molar-refractivity contribution in [2.75, 3.05) is 6.61 Å². The number of ether oxygens (including phenoxy) is 2. The fourth-order valence-corrected chi connectivity index (χ4v) is 3.68. The van der Waals surface area contributed by atoms with Gasteiger partial charge in [-0.15, -0.1) is 0 Å². The molecule has 0 unspecified atom stereocenters. The second-order valence-electron chi connectivity index (χ2n) is 6.65. The fraction of sp³-hybridized carbons (Fsp3) is 0.412. The molecule has 0 bridgehead atoms. The fourth-order valence-electron chi connectivity index (χ4n) is 3.68. The van der Waals surface area contributed by atoms with Crippen LogP contribution in [-0.4, -0.2) is 27.7 Å². The molecule has 142 valence electrons. The van der Waals surface area contributed by atoms with Crippen LogP contribution in [0, 0.1) is 21.7 Å². The van der Waals surface area contributed by atoms with E-state index in [9.17, 15) is 28.5 Å². The zero-order chi connectivity index (χ0) is 19.5. The molecule has 8 nitrogen and oxygen atoms in total. The topological polar surface area (TPSA) is 101 Å². The number of aromatic nitrogens is 1. The molecule has 2 aliphatic rings. The third kappa shape index (κ3) is 2.32. The standard InChI is InChI=1S/C17H14F2N2O6/c1-2-26-16(23)8-6-20-7-17(4-3-5-17)27-15-11(19)10(18)12(21(24)25)9(13(15)20)14(8)22/h6H,2-5,7H2,1H3. The van der Waals surface area contributed by atoms with Crippen LogP contribution in [0.25, 0.3) is 10.9 Å². The molecule has 10 heteroatoms. The highest BCUT2D eigenvalue weighted by Crippen LogP contribution is 2.47. The van der Waals surface area contributed by atoms with Crippen LogP contribution in [-0.2, 0) is 11.3 Å². The molecule has 27 heavy (non-hydrogen) atoms. The van der Waals surface area contributed by atoms with Crippen LogP contribution < -0.4 is 10.2 Å². The molecule has 0 atom stereocenters. The van der Waals surface area contributed by atoms with Crippen molar-refractivity contribution in [2.45, 2.75) is 38.3 Å². The van der Waals surface area contributed by atoms with Gasteiger partial charge < -0.3 is 14.0 Å². The Morgan fingerprint density at radius 3 is 2.67 bits per heavy atom. The van der Waals surface area contributed by atoms with E-state index in [1.54, 1.807) is 0 Å². The van der Waals surface area contributed by atoms with E-state index in [0.29, 0.717) is 12.8 Å². The number of carbonyl (C=O) groups excluding carboxylic acids is 1. The first-order valence-electron chi connectivity index (χ1n) is 8.38. The van der Waals surface area contributed by atoms with E-state index in [1.165, 1.54) is 17.7 Å². The molecule has 1 aliphatic carbocycles. The normalized spacial score (nSPS) is 16.7. The van der Waals surface area contributed by atoms with Crippen molar-refractivity contribution in [1.82, 2.24) is 4.57 Å². The molecule has 0 saturated heterocycles. The van der Waals surface area contributed by atoms with Crippen molar-refractivity contribution in [3.63, 3.8) is 0 Å². The van der Waals surface area contributed by atoms with Gasteiger partial charge >= 0.3 is 11.7 Å². The van der Waals surface area contributed by atoms with Gasteiger partial charge in [0, 0.05) is 6.20 Å². The summed E-state index contributed by atoms with van der Waals surface area (Å²) in [6, 6.07) is 0. The second-order valence-corrected chi connectivity index (χ2v) is 6.65. The van der Waals surface area contributed by atoms with Gasteiger partial charge in [-0.2, -0.15) is 8.78 Å². The first-order valence-corrected chi connectivity index (χ1v) is 8.38. The molecule has 2 aromatic rings. The van der Waals surface area contributed by atoms with E-state index in [-0.39, 0.29) is 18.7 Å². The van der Waals surface area contributed by atoms with E-state index in [0.717, 1.165) is 6.42 Å². The predicted octanol–water partition coefficient (Wildman–Crippen LogP) is 2.68. The van der Waals surface area contributed by atoms with E-state index in [2.05, 4.69) is 0 Å². The number of nitro groups is 1. The van der Waals surface area contributed by atoms with E-state index in [1.807, 2.05) is 0 Å². The number of pyridine rings is 1. The highest BCUT2D eigenvalue weighted by Gasteiger charge is 2.46. The second kappa shape index (κ2) is 5.73. The number of hydrogen-bond acceptors (Lipinski definition) is 6. The van der Waals surface area contributed by atoms with Crippen LogP contribution in [0.2, 0.25) is 0 Å². The monoisotopic (exact) mass is 380 g/mol. The van der Waals surface area contributed by atoms with E-state index >= 15 is 0 Å². The first kappa shape index (κ1) is 17.4. The SMILES string of the molecule is CCOC(=O)c1cn2c3c(c(F)c(F)c([N+](=O)[O-])c3c1=O)OC1(CCC1)C2. The van der Waals surface area contributed by atoms with E-state index < -0.39 is 55.9 Å². The number of carbonyl (C=O) groups is 1. The average molecular weight is 380 g/mol. The van der Waals surface area contributed by atoms with Crippen LogP contribution in [0.1, 0.15) is 36.5 Å². The molecule has 0 radical (unpaired) electrons. The summed E-state index contributed by atoms with van der Waals surface area (Å²) in [6.45, 7) is 1.67. The van der Waals surface area contributed by atoms with Crippen molar-refractivity contribution in [2.24, 2.45) is 0 Å². The summed E-state index contributed by atoms with van der Waals surface area (Å²) in [6.07, 6.45) is 3.15. The summed E-state index contributed by atoms with van der Waals surface area (Å²) in [5.74, 6) is -4.82. The summed E-state index contributed by atoms with van der Waals surface area (Å²) in [7, 11) is 0. The Bertz CT molecular complexity index is 1070. The molecule has 1 aromatic carbocycles. The molecule has 1 fully saturated rings. The Morgan fingerprint density at radius 2 is 2.11 bits per heavy atom. The Hall–Kier alpha value is -3.04. The number of nitrogens with zero attached hydrogens (tertiary/aromatic N) is 2. The van der Waals surface area contributed by atoms with Crippen LogP contribution in [0.15, 0.2) is 11.0 Å². The number of esters is 1. The Kier molecular flexibility index (Phi) is 3.69. The highest BCUT2D eigenvalue weighted by atomic mass is 19.2. The zero-order valence-electron chi connectivity index (χ0n) is 14.2. The van der Waals surface area contributed by atoms with Crippen LogP contribution in [0.3, 0.4) is 0 Å². The molecule has 0 amide bonds. The molecule has 4 rings (SSSR count). The van der Waals surface area contributed by atoms with Crippen molar-refractivity contribution in [3.05, 3.63) is 43.7 Å². The van der Waals surface area contributed by atoms with Gasteiger partial charge in [-0.1, -0.05) is 0 Å². The summed E-state index contributed by atoms with van der Waals surface area (Å²) in [4.78, 5) is 35.1. The number of nitro benzene ring substituents is 1. The molecule has 1 spiro atoms. The number of hydrogen-bond donors (Lipinski definition) is 0. The minimum absolute atomic E-state index is 0.0194. The molecular formula is C17H14F2N2O6. The maximum absolute atomic E-state index is 14.6. The van der Waals surface area contributed by atoms with Crippen molar-refractivity contribution in [1.29, 1.82) is 0 Å². The third-order valence-electron chi connectivity index (χ3n) is 5.05. The molecule has 2 heterocycles. The predicted molar refractivity (Wildman–Crippen MR) is 87.9 cm³/mol.